The van der Waals surface area contributed by atoms with Gasteiger partial charge in [0.1, 0.15) is 5.75 Å². The minimum atomic E-state index is -0.106. The van der Waals surface area contributed by atoms with Crippen molar-refractivity contribution in [3.8, 4) is 22.8 Å². The van der Waals surface area contributed by atoms with Gasteiger partial charge >= 0.3 is 0 Å². The molecule has 0 aliphatic rings. The average molecular weight is 474 g/mol. The predicted molar refractivity (Wildman–Crippen MR) is 138 cm³/mol. The van der Waals surface area contributed by atoms with Crippen molar-refractivity contribution in [2.24, 2.45) is 0 Å². The van der Waals surface area contributed by atoms with Gasteiger partial charge < -0.3 is 15.0 Å². The first-order valence-corrected chi connectivity index (χ1v) is 12.0. The second kappa shape index (κ2) is 10.9. The zero-order valence-corrected chi connectivity index (χ0v) is 20.2. The monoisotopic (exact) mass is 473 g/mol. The summed E-state index contributed by atoms with van der Waals surface area (Å²) in [5, 5.41) is 12.4. The molecule has 3 aromatic carbocycles. The number of amides is 1. The van der Waals surface area contributed by atoms with Crippen molar-refractivity contribution >= 4 is 29.0 Å². The fourth-order valence-electron chi connectivity index (χ4n) is 3.40. The predicted octanol–water partition coefficient (Wildman–Crippen LogP) is 5.13. The number of benzene rings is 3. The van der Waals surface area contributed by atoms with Gasteiger partial charge in [-0.1, -0.05) is 42.1 Å². The number of aromatic nitrogens is 3. The van der Waals surface area contributed by atoms with Crippen LogP contribution in [0.4, 0.5) is 11.4 Å². The van der Waals surface area contributed by atoms with Crippen LogP contribution in [0, 0.1) is 0 Å². The molecule has 174 valence electrons. The fraction of sp³-hybridized carbons (Fsp3) is 0.192. The second-order valence-corrected chi connectivity index (χ2v) is 8.66. The molecule has 8 heteroatoms. The Labute approximate surface area is 203 Å². The van der Waals surface area contributed by atoms with Gasteiger partial charge in [-0.3, -0.25) is 9.36 Å². The lowest BCUT2D eigenvalue weighted by Crippen LogP contribution is -2.15. The lowest BCUT2D eigenvalue weighted by Gasteiger charge is -2.13. The van der Waals surface area contributed by atoms with Gasteiger partial charge in [-0.2, -0.15) is 0 Å². The van der Waals surface area contributed by atoms with Gasteiger partial charge in [-0.15, -0.1) is 10.2 Å². The van der Waals surface area contributed by atoms with E-state index in [9.17, 15) is 4.79 Å². The molecule has 0 aliphatic heterocycles. The zero-order chi connectivity index (χ0) is 23.9. The van der Waals surface area contributed by atoms with E-state index in [1.54, 1.807) is 0 Å². The Balaban J connectivity index is 1.54. The molecule has 0 saturated carbocycles. The summed E-state index contributed by atoms with van der Waals surface area (Å²) in [6.45, 7) is 2.56. The molecule has 1 heterocycles. The van der Waals surface area contributed by atoms with E-state index in [4.69, 9.17) is 4.74 Å². The molecule has 0 saturated heterocycles. The molecule has 4 aromatic rings. The van der Waals surface area contributed by atoms with Crippen LogP contribution in [-0.2, 0) is 4.79 Å². The number of hydrogen-bond acceptors (Lipinski definition) is 6. The summed E-state index contributed by atoms with van der Waals surface area (Å²) >= 11 is 1.35. The number of hydrogen-bond donors (Lipinski definition) is 1. The maximum absolute atomic E-state index is 12.6. The standard InChI is InChI=1S/C26H27N5O2S/c1-4-33-23-16-14-22(15-17-23)31-25(19-8-6-5-7-9-19)28-29-26(31)34-18-24(32)27-20-10-12-21(13-11-20)30(2)3/h5-17H,4,18H2,1-3H3,(H,27,32). The van der Waals surface area contributed by atoms with E-state index >= 15 is 0 Å². The normalized spacial score (nSPS) is 10.7. The third-order valence-corrected chi connectivity index (χ3v) is 6.00. The van der Waals surface area contributed by atoms with Crippen LogP contribution in [-0.4, -0.2) is 47.1 Å². The topological polar surface area (TPSA) is 72.3 Å². The zero-order valence-electron chi connectivity index (χ0n) is 19.4. The first-order chi connectivity index (χ1) is 16.5. The van der Waals surface area contributed by atoms with Gasteiger partial charge in [-0.25, -0.2) is 0 Å². The molecule has 34 heavy (non-hydrogen) atoms. The Morgan fingerprint density at radius 3 is 2.32 bits per heavy atom. The molecule has 1 aromatic heterocycles. The van der Waals surface area contributed by atoms with Gasteiger partial charge in [0.25, 0.3) is 0 Å². The van der Waals surface area contributed by atoms with Crippen molar-refractivity contribution in [2.45, 2.75) is 12.1 Å². The Bertz CT molecular complexity index is 1220. The molecule has 0 spiro atoms. The number of nitrogens with zero attached hydrogens (tertiary/aromatic N) is 4. The maximum Gasteiger partial charge on any atom is 0.234 e. The van der Waals surface area contributed by atoms with Crippen LogP contribution in [0.3, 0.4) is 0 Å². The van der Waals surface area contributed by atoms with Crippen molar-refractivity contribution < 1.29 is 9.53 Å². The van der Waals surface area contributed by atoms with Crippen LogP contribution in [0.2, 0.25) is 0 Å². The van der Waals surface area contributed by atoms with Crippen molar-refractivity contribution in [3.05, 3.63) is 78.9 Å². The van der Waals surface area contributed by atoms with Gasteiger partial charge in [0, 0.05) is 36.7 Å². The lowest BCUT2D eigenvalue weighted by atomic mass is 10.2. The summed E-state index contributed by atoms with van der Waals surface area (Å²) in [7, 11) is 3.96. The van der Waals surface area contributed by atoms with Crippen LogP contribution >= 0.6 is 11.8 Å². The summed E-state index contributed by atoms with van der Waals surface area (Å²) < 4.78 is 7.55. The number of carbonyl (C=O) groups is 1. The summed E-state index contributed by atoms with van der Waals surface area (Å²) in [5.41, 5.74) is 3.68. The van der Waals surface area contributed by atoms with E-state index in [2.05, 4.69) is 15.5 Å². The Hall–Kier alpha value is -3.78. The molecule has 1 amide bonds. The minimum absolute atomic E-state index is 0.106. The molecule has 0 aliphatic carbocycles. The molecular formula is C26H27N5O2S. The highest BCUT2D eigenvalue weighted by molar-refractivity contribution is 7.99. The van der Waals surface area contributed by atoms with Gasteiger partial charge in [0.15, 0.2) is 11.0 Å². The smallest absolute Gasteiger partial charge is 0.234 e. The van der Waals surface area contributed by atoms with Crippen molar-refractivity contribution in [1.29, 1.82) is 0 Å². The van der Waals surface area contributed by atoms with Gasteiger partial charge in [0.2, 0.25) is 5.91 Å². The van der Waals surface area contributed by atoms with E-state index < -0.39 is 0 Å². The first-order valence-electron chi connectivity index (χ1n) is 11.0. The molecule has 0 unspecified atom stereocenters. The Morgan fingerprint density at radius 1 is 0.971 bits per heavy atom. The largest absolute Gasteiger partial charge is 0.494 e. The second-order valence-electron chi connectivity index (χ2n) is 7.71. The molecule has 0 bridgehead atoms. The highest BCUT2D eigenvalue weighted by Crippen LogP contribution is 2.29. The molecule has 4 rings (SSSR count). The van der Waals surface area contributed by atoms with Crippen molar-refractivity contribution in [2.75, 3.05) is 36.7 Å². The highest BCUT2D eigenvalue weighted by atomic mass is 32.2. The molecule has 0 fully saturated rings. The van der Waals surface area contributed by atoms with Gasteiger partial charge in [-0.05, 0) is 55.5 Å². The van der Waals surface area contributed by atoms with Crippen LogP contribution in [0.5, 0.6) is 5.75 Å². The van der Waals surface area contributed by atoms with Crippen LogP contribution < -0.4 is 15.0 Å². The summed E-state index contributed by atoms with van der Waals surface area (Å²) in [5.74, 6) is 1.62. The average Bonchev–Trinajstić information content (AvgIpc) is 3.28. The van der Waals surface area contributed by atoms with Crippen LogP contribution in [0.15, 0.2) is 84.0 Å². The number of rotatable bonds is 9. The number of carbonyl (C=O) groups excluding carboxylic acids is 1. The highest BCUT2D eigenvalue weighted by Gasteiger charge is 2.17. The summed E-state index contributed by atoms with van der Waals surface area (Å²) in [6, 6.07) is 25.4. The molecule has 0 radical (unpaired) electrons. The third-order valence-electron chi connectivity index (χ3n) is 5.07. The Kier molecular flexibility index (Phi) is 7.49. The lowest BCUT2D eigenvalue weighted by molar-refractivity contribution is -0.113. The van der Waals surface area contributed by atoms with E-state index in [1.807, 2.05) is 109 Å². The number of thioether (sulfide) groups is 1. The van der Waals surface area contributed by atoms with E-state index in [0.29, 0.717) is 17.6 Å². The van der Waals surface area contributed by atoms with Crippen molar-refractivity contribution in [3.63, 3.8) is 0 Å². The van der Waals surface area contributed by atoms with Crippen molar-refractivity contribution in [1.82, 2.24) is 14.8 Å². The van der Waals surface area contributed by atoms with Gasteiger partial charge in [0.05, 0.1) is 12.4 Å². The van der Waals surface area contributed by atoms with E-state index in [1.165, 1.54) is 11.8 Å². The molecule has 1 N–H and O–H groups in total. The van der Waals surface area contributed by atoms with E-state index in [0.717, 1.165) is 28.4 Å². The number of anilines is 2. The first kappa shape index (κ1) is 23.4. The van der Waals surface area contributed by atoms with Crippen LogP contribution in [0.1, 0.15) is 6.92 Å². The Morgan fingerprint density at radius 2 is 1.68 bits per heavy atom. The third kappa shape index (κ3) is 5.58. The van der Waals surface area contributed by atoms with E-state index in [-0.39, 0.29) is 11.7 Å². The summed E-state index contributed by atoms with van der Waals surface area (Å²) in [4.78, 5) is 14.6. The molecular weight excluding hydrogens is 446 g/mol. The maximum atomic E-state index is 12.6. The SMILES string of the molecule is CCOc1ccc(-n2c(SCC(=O)Nc3ccc(N(C)C)cc3)nnc2-c2ccccc2)cc1. The summed E-state index contributed by atoms with van der Waals surface area (Å²) in [6.07, 6.45) is 0. The van der Waals surface area contributed by atoms with Crippen LogP contribution in [0.25, 0.3) is 17.1 Å². The molecule has 7 nitrogen and oxygen atoms in total. The quantitative estimate of drug-likeness (QED) is 0.340. The minimum Gasteiger partial charge on any atom is -0.494 e. The fourth-order valence-corrected chi connectivity index (χ4v) is 4.15. The number of ether oxygens (including phenoxy) is 1. The molecule has 0 atom stereocenters. The number of nitrogens with one attached hydrogen (secondary N) is 1.